The number of rotatable bonds is 0. The predicted octanol–water partition coefficient (Wildman–Crippen LogP) is 2.40. The van der Waals surface area contributed by atoms with Crippen LogP contribution < -0.4 is 0 Å². The molecule has 0 aromatic heterocycles. The summed E-state index contributed by atoms with van der Waals surface area (Å²) in [5.41, 5.74) is 3.54. The van der Waals surface area contributed by atoms with E-state index in [1.807, 2.05) is 0 Å². The quantitative estimate of drug-likeness (QED) is 0.545. The largest absolute Gasteiger partial charge is 0.271 e. The fourth-order valence-electron chi connectivity index (χ4n) is 1.64. The fourth-order valence-corrected chi connectivity index (χ4v) is 1.64. The number of nitrogens with zero attached hydrogens (tertiary/aromatic N) is 1. The number of aliphatic imine (C=N–C) groups is 1. The highest BCUT2D eigenvalue weighted by atomic mass is 14.8. The Morgan fingerprint density at radius 1 is 1.21 bits per heavy atom. The number of fused-ring (bicyclic) bond motifs is 1. The maximum absolute atomic E-state index is 4.45. The summed E-state index contributed by atoms with van der Waals surface area (Å²) in [6, 6.07) is 8.36. The summed E-state index contributed by atoms with van der Waals surface area (Å²) in [5, 5.41) is 0. The zero-order valence-electron chi connectivity index (χ0n) is 7.96. The van der Waals surface area contributed by atoms with Crippen molar-refractivity contribution in [2.45, 2.75) is 19.4 Å². The lowest BCUT2D eigenvalue weighted by atomic mass is 10.1. The van der Waals surface area contributed by atoms with Gasteiger partial charge in [-0.2, -0.15) is 0 Å². The van der Waals surface area contributed by atoms with Crippen molar-refractivity contribution in [3.8, 4) is 11.8 Å². The molecule has 1 heterocycles. The molecule has 3 rings (SSSR count). The summed E-state index contributed by atoms with van der Waals surface area (Å²) >= 11 is 0. The molecule has 14 heavy (non-hydrogen) atoms. The number of hydrogen-bond donors (Lipinski definition) is 0. The van der Waals surface area contributed by atoms with Crippen molar-refractivity contribution in [2.75, 3.05) is 0 Å². The maximum Gasteiger partial charge on any atom is 0.115 e. The molecule has 0 radical (unpaired) electrons. The van der Waals surface area contributed by atoms with E-state index in [9.17, 15) is 0 Å². The van der Waals surface area contributed by atoms with E-state index < -0.39 is 0 Å². The van der Waals surface area contributed by atoms with Crippen molar-refractivity contribution in [3.05, 3.63) is 35.4 Å². The van der Waals surface area contributed by atoms with Gasteiger partial charge in [0, 0.05) is 11.5 Å². The van der Waals surface area contributed by atoms with Gasteiger partial charge in [0.1, 0.15) is 5.71 Å². The molecule has 0 saturated heterocycles. The topological polar surface area (TPSA) is 12.4 Å². The van der Waals surface area contributed by atoms with Crippen LogP contribution in [0.4, 0.5) is 0 Å². The average molecular weight is 181 g/mol. The third kappa shape index (κ3) is 1.33. The van der Waals surface area contributed by atoms with E-state index in [-0.39, 0.29) is 0 Å². The van der Waals surface area contributed by atoms with Crippen LogP contribution in [0.2, 0.25) is 0 Å². The zero-order chi connectivity index (χ0) is 9.38. The second-order valence-corrected chi connectivity index (χ2v) is 3.87. The van der Waals surface area contributed by atoms with Gasteiger partial charge >= 0.3 is 0 Å². The molecule has 0 amide bonds. The van der Waals surface area contributed by atoms with Gasteiger partial charge in [0.2, 0.25) is 0 Å². The lowest BCUT2D eigenvalue weighted by Gasteiger charge is -1.95. The van der Waals surface area contributed by atoms with Crippen LogP contribution in [-0.2, 0) is 6.54 Å². The van der Waals surface area contributed by atoms with Crippen molar-refractivity contribution in [1.82, 2.24) is 0 Å². The van der Waals surface area contributed by atoms with Gasteiger partial charge in [-0.3, -0.25) is 4.99 Å². The van der Waals surface area contributed by atoms with E-state index in [0.29, 0.717) is 5.92 Å². The molecule has 1 aliphatic heterocycles. The first-order chi connectivity index (χ1) is 6.93. The molecule has 0 bridgehead atoms. The standard InChI is InChI=1S/C13H11N/c1-2-4-12-11(3-1)9-14-13(12)8-7-10-5-6-10/h1-4,10H,5-6,9H2. The van der Waals surface area contributed by atoms with Crippen molar-refractivity contribution in [3.63, 3.8) is 0 Å². The van der Waals surface area contributed by atoms with E-state index in [1.54, 1.807) is 0 Å². The third-order valence-corrected chi connectivity index (χ3v) is 2.65. The van der Waals surface area contributed by atoms with Crippen LogP contribution in [0.1, 0.15) is 24.0 Å². The van der Waals surface area contributed by atoms with E-state index in [0.717, 1.165) is 12.3 Å². The summed E-state index contributed by atoms with van der Waals surface area (Å²) in [6.45, 7) is 0.810. The van der Waals surface area contributed by atoms with Gasteiger partial charge in [0.15, 0.2) is 0 Å². The Morgan fingerprint density at radius 2 is 2.07 bits per heavy atom. The van der Waals surface area contributed by atoms with E-state index in [1.165, 1.54) is 24.0 Å². The Bertz CT molecular complexity index is 456. The summed E-state index contributed by atoms with van der Waals surface area (Å²) in [6.07, 6.45) is 2.56. The van der Waals surface area contributed by atoms with Crippen LogP contribution in [0.25, 0.3) is 0 Å². The molecule has 68 valence electrons. The minimum Gasteiger partial charge on any atom is -0.271 e. The highest BCUT2D eigenvalue weighted by Gasteiger charge is 2.19. The molecular formula is C13H11N. The summed E-state index contributed by atoms with van der Waals surface area (Å²) in [5.74, 6) is 7.12. The van der Waals surface area contributed by atoms with Gasteiger partial charge in [-0.1, -0.05) is 30.2 Å². The highest BCUT2D eigenvalue weighted by molar-refractivity contribution is 6.15. The smallest absolute Gasteiger partial charge is 0.115 e. The molecule has 1 saturated carbocycles. The van der Waals surface area contributed by atoms with Crippen LogP contribution in [0.15, 0.2) is 29.3 Å². The van der Waals surface area contributed by atoms with Gasteiger partial charge in [-0.15, -0.1) is 0 Å². The Labute approximate surface area is 83.9 Å². The van der Waals surface area contributed by atoms with Gasteiger partial charge < -0.3 is 0 Å². The Morgan fingerprint density at radius 3 is 2.93 bits per heavy atom. The van der Waals surface area contributed by atoms with Crippen LogP contribution in [0.3, 0.4) is 0 Å². The molecule has 2 aliphatic rings. The lowest BCUT2D eigenvalue weighted by Crippen LogP contribution is -1.93. The van der Waals surface area contributed by atoms with Crippen LogP contribution in [0, 0.1) is 17.8 Å². The molecule has 1 aromatic rings. The molecular weight excluding hydrogens is 170 g/mol. The first kappa shape index (κ1) is 7.82. The highest BCUT2D eigenvalue weighted by Crippen LogP contribution is 2.27. The maximum atomic E-state index is 4.45. The SMILES string of the molecule is C(#CC1CC1)C1=NCc2ccccc21. The zero-order valence-corrected chi connectivity index (χ0v) is 7.96. The van der Waals surface area contributed by atoms with Crippen molar-refractivity contribution >= 4 is 5.71 Å². The lowest BCUT2D eigenvalue weighted by molar-refractivity contribution is 1.11. The Balaban J connectivity index is 1.93. The normalized spacial score (nSPS) is 18.1. The van der Waals surface area contributed by atoms with Crippen LogP contribution in [-0.4, -0.2) is 5.71 Å². The van der Waals surface area contributed by atoms with Gasteiger partial charge in [-0.25, -0.2) is 0 Å². The molecule has 1 nitrogen and oxygen atoms in total. The van der Waals surface area contributed by atoms with E-state index in [4.69, 9.17) is 0 Å². The van der Waals surface area contributed by atoms with Gasteiger partial charge in [0.05, 0.1) is 6.54 Å². The Kier molecular flexibility index (Phi) is 1.67. The molecule has 0 spiro atoms. The molecule has 0 unspecified atom stereocenters. The van der Waals surface area contributed by atoms with Crippen molar-refractivity contribution < 1.29 is 0 Å². The molecule has 1 aliphatic carbocycles. The van der Waals surface area contributed by atoms with Crippen LogP contribution >= 0.6 is 0 Å². The number of benzene rings is 1. The second-order valence-electron chi connectivity index (χ2n) is 3.87. The molecule has 1 heteroatoms. The molecule has 0 N–H and O–H groups in total. The van der Waals surface area contributed by atoms with Gasteiger partial charge in [0.25, 0.3) is 0 Å². The number of hydrogen-bond acceptors (Lipinski definition) is 1. The predicted molar refractivity (Wildman–Crippen MR) is 57.2 cm³/mol. The third-order valence-electron chi connectivity index (χ3n) is 2.65. The van der Waals surface area contributed by atoms with Crippen molar-refractivity contribution in [2.24, 2.45) is 10.9 Å². The average Bonchev–Trinajstić information content (AvgIpc) is 2.96. The van der Waals surface area contributed by atoms with Gasteiger partial charge in [-0.05, 0) is 24.3 Å². The minimum absolute atomic E-state index is 0.658. The second kappa shape index (κ2) is 2.99. The minimum atomic E-state index is 0.658. The van der Waals surface area contributed by atoms with E-state index in [2.05, 4.69) is 41.1 Å². The van der Waals surface area contributed by atoms with Crippen LogP contribution in [0.5, 0.6) is 0 Å². The fraction of sp³-hybridized carbons (Fsp3) is 0.308. The van der Waals surface area contributed by atoms with E-state index >= 15 is 0 Å². The summed E-state index contributed by atoms with van der Waals surface area (Å²) in [7, 11) is 0. The molecule has 1 fully saturated rings. The first-order valence-electron chi connectivity index (χ1n) is 5.08. The monoisotopic (exact) mass is 181 g/mol. The summed E-state index contributed by atoms with van der Waals surface area (Å²) < 4.78 is 0. The summed E-state index contributed by atoms with van der Waals surface area (Å²) in [4.78, 5) is 4.45. The van der Waals surface area contributed by atoms with Crippen molar-refractivity contribution in [1.29, 1.82) is 0 Å². The molecule has 0 atom stereocenters. The first-order valence-corrected chi connectivity index (χ1v) is 5.08. The molecule has 1 aromatic carbocycles. The Hall–Kier alpha value is -1.55.